The summed E-state index contributed by atoms with van der Waals surface area (Å²) in [4.78, 5) is 57.3. The van der Waals surface area contributed by atoms with Gasteiger partial charge >= 0.3 is 0 Å². The van der Waals surface area contributed by atoms with Crippen LogP contribution in [0.2, 0.25) is 18.1 Å². The van der Waals surface area contributed by atoms with E-state index in [4.69, 9.17) is 22.9 Å². The largest absolute Gasteiger partial charge is 0.470 e. The van der Waals surface area contributed by atoms with Crippen molar-refractivity contribution in [2.24, 2.45) is 11.8 Å². The van der Waals surface area contributed by atoms with Crippen molar-refractivity contribution < 1.29 is 47.2 Å². The molecule has 322 valence electrons. The molecule has 2 aromatic carbocycles. The second-order valence-corrected chi connectivity index (χ2v) is 22.8. The molecular weight excluding hydrogens is 797 g/mol. The van der Waals surface area contributed by atoms with Crippen molar-refractivity contribution in [1.82, 2.24) is 20.1 Å². The van der Waals surface area contributed by atoms with Crippen LogP contribution in [0.5, 0.6) is 11.8 Å². The quantitative estimate of drug-likeness (QED) is 0.129. The zero-order chi connectivity index (χ0) is 44.1. The van der Waals surface area contributed by atoms with E-state index in [9.17, 15) is 24.3 Å². The van der Waals surface area contributed by atoms with Crippen LogP contribution in [0.3, 0.4) is 0 Å². The highest BCUT2D eigenvalue weighted by Crippen LogP contribution is 2.54. The maximum atomic E-state index is 14.3. The molecule has 8 rings (SSSR count). The molecule has 2 aromatic heterocycles. The van der Waals surface area contributed by atoms with E-state index >= 15 is 0 Å². The Kier molecular flexibility index (Phi) is 11.8. The fourth-order valence-electron chi connectivity index (χ4n) is 8.57. The number of Topliss-reactive ketones (excluding diaryl/α,β-unsaturated/α-hetero) is 2. The van der Waals surface area contributed by atoms with Gasteiger partial charge in [0.15, 0.2) is 42.6 Å². The van der Waals surface area contributed by atoms with Crippen LogP contribution in [-0.2, 0) is 27.2 Å². The van der Waals surface area contributed by atoms with Crippen LogP contribution < -0.4 is 9.47 Å². The van der Waals surface area contributed by atoms with Crippen LogP contribution >= 0.6 is 0 Å². The van der Waals surface area contributed by atoms with Gasteiger partial charge in [0.25, 0.3) is 11.8 Å². The van der Waals surface area contributed by atoms with E-state index in [1.165, 1.54) is 12.2 Å². The molecule has 0 aliphatic heterocycles. The molecule has 0 fully saturated rings. The highest BCUT2D eigenvalue weighted by molar-refractivity contribution is 6.74. The summed E-state index contributed by atoms with van der Waals surface area (Å²) in [5, 5.41) is 19.0. The Hall–Kier alpha value is -5.32. The molecule has 61 heavy (non-hydrogen) atoms. The Morgan fingerprint density at radius 3 is 1.62 bits per heavy atom. The van der Waals surface area contributed by atoms with Gasteiger partial charge < -0.3 is 28.1 Å². The number of nitrogens with zero attached hydrogens (tertiary/aromatic N) is 4. The van der Waals surface area contributed by atoms with E-state index in [2.05, 4.69) is 44.2 Å². The van der Waals surface area contributed by atoms with E-state index in [0.717, 1.165) is 11.1 Å². The molecule has 4 aliphatic rings. The van der Waals surface area contributed by atoms with Gasteiger partial charge in [-0.15, -0.1) is 0 Å². The molecule has 0 saturated heterocycles. The molecule has 6 atom stereocenters. The molecular formula is C46H54N4O10Si. The lowest BCUT2D eigenvalue weighted by Crippen LogP contribution is -2.65. The van der Waals surface area contributed by atoms with Crippen molar-refractivity contribution in [3.63, 3.8) is 0 Å². The van der Waals surface area contributed by atoms with Gasteiger partial charge in [0.05, 0.1) is 12.1 Å². The van der Waals surface area contributed by atoms with Crippen LogP contribution in [-0.4, -0.2) is 96.1 Å². The van der Waals surface area contributed by atoms with Crippen molar-refractivity contribution in [2.75, 3.05) is 28.2 Å². The van der Waals surface area contributed by atoms with Crippen LogP contribution in [0.1, 0.15) is 89.1 Å². The molecule has 2 heterocycles. The average Bonchev–Trinajstić information content (AvgIpc) is 3.83. The predicted octanol–water partition coefficient (Wildman–Crippen LogP) is 6.89. The molecule has 14 nitrogen and oxygen atoms in total. The zero-order valence-electron chi connectivity index (χ0n) is 36.1. The number of benzene rings is 2. The van der Waals surface area contributed by atoms with Gasteiger partial charge in [-0.3, -0.25) is 29.0 Å². The summed E-state index contributed by atoms with van der Waals surface area (Å²) in [6.07, 6.45) is 7.19. The summed E-state index contributed by atoms with van der Waals surface area (Å²) in [6, 6.07) is 18.2. The Labute approximate surface area is 356 Å². The number of rotatable bonds is 10. The number of carbonyl (C=O) groups is 4. The first-order chi connectivity index (χ1) is 28.8. The Morgan fingerprint density at radius 2 is 1.15 bits per heavy atom. The van der Waals surface area contributed by atoms with Gasteiger partial charge in [-0.25, -0.2) is 0 Å². The Morgan fingerprint density at radius 1 is 0.705 bits per heavy atom. The van der Waals surface area contributed by atoms with Gasteiger partial charge in [0, 0.05) is 11.8 Å². The van der Waals surface area contributed by atoms with Gasteiger partial charge in [-0.2, -0.15) is 0 Å². The van der Waals surface area contributed by atoms with Crippen LogP contribution in [0.25, 0.3) is 0 Å². The van der Waals surface area contributed by atoms with Crippen molar-refractivity contribution in [2.45, 2.75) is 88.2 Å². The minimum Gasteiger partial charge on any atom is -0.470 e. The van der Waals surface area contributed by atoms with Gasteiger partial charge in [-0.1, -0.05) is 93.6 Å². The fraction of sp³-hybridized carbons (Fsp3) is 0.435. The van der Waals surface area contributed by atoms with Gasteiger partial charge in [-0.05, 0) is 92.8 Å². The number of ketones is 4. The number of fused-ring (bicyclic) bond motifs is 4. The lowest BCUT2D eigenvalue weighted by Gasteiger charge is -2.51. The third-order valence-electron chi connectivity index (χ3n) is 12.7. The summed E-state index contributed by atoms with van der Waals surface area (Å²) >= 11 is 0. The number of ether oxygens (including phenoxy) is 2. The van der Waals surface area contributed by atoms with E-state index in [-0.39, 0.29) is 53.0 Å². The van der Waals surface area contributed by atoms with Crippen molar-refractivity contribution in [3.05, 3.63) is 119 Å². The first-order valence-corrected chi connectivity index (χ1v) is 23.3. The second-order valence-electron chi connectivity index (χ2n) is 18.1. The van der Waals surface area contributed by atoms with E-state index in [1.54, 1.807) is 20.2 Å². The number of hydrogen-bond donors (Lipinski definition) is 1. The third kappa shape index (κ3) is 7.56. The molecule has 0 amide bonds. The Balaban J connectivity index is 0.000000189. The van der Waals surface area contributed by atoms with Crippen molar-refractivity contribution in [3.8, 4) is 11.8 Å². The zero-order valence-corrected chi connectivity index (χ0v) is 37.1. The topological polar surface area (TPSA) is 175 Å². The summed E-state index contributed by atoms with van der Waals surface area (Å²) in [5.41, 5.74) is -1.66. The summed E-state index contributed by atoms with van der Waals surface area (Å²) < 4.78 is 29.7. The van der Waals surface area contributed by atoms with Gasteiger partial charge in [0.1, 0.15) is 24.3 Å². The summed E-state index contributed by atoms with van der Waals surface area (Å²) in [7, 11) is 4.91. The minimum absolute atomic E-state index is 0.0000638. The molecule has 4 aromatic rings. The molecule has 0 spiro atoms. The van der Waals surface area contributed by atoms with Crippen LogP contribution in [0.15, 0.2) is 94.0 Å². The third-order valence-corrected chi connectivity index (χ3v) is 17.1. The smallest absolute Gasteiger partial charge is 0.265 e. The van der Waals surface area contributed by atoms with E-state index < -0.39 is 54.7 Å². The van der Waals surface area contributed by atoms with Crippen LogP contribution in [0, 0.1) is 11.8 Å². The molecule has 0 radical (unpaired) electrons. The monoisotopic (exact) mass is 850 g/mol. The lowest BCUT2D eigenvalue weighted by molar-refractivity contribution is -0.137. The number of aliphatic hydroxyl groups is 1. The molecule has 0 saturated carbocycles. The number of allylic oxidation sites excluding steroid dienone is 2. The minimum atomic E-state index is -2.53. The second kappa shape index (κ2) is 16.5. The first-order valence-electron chi connectivity index (χ1n) is 20.4. The number of hydrogen-bond acceptors (Lipinski definition) is 14. The predicted molar refractivity (Wildman–Crippen MR) is 227 cm³/mol. The molecule has 0 bridgehead atoms. The normalized spacial score (nSPS) is 25.7. The SMILES string of the molecule is CN(C)[C@@H]1c2onc(OCc3ccccc3)c2C(=O)[C@@]2(O)C(=O)C=CC[C@@H]12.CN(C)[C@@H]1c2onc(OCc3ccccc3)c2C(=O)[C@@]2(O[Si](C)(C)C(C)(C)C)C(=O)C=CC[C@@H]12. The number of carbonyl (C=O) groups excluding carboxylic acids is 4. The Bertz CT molecular complexity index is 2360. The van der Waals surface area contributed by atoms with Crippen LogP contribution in [0.4, 0.5) is 0 Å². The molecule has 4 aliphatic carbocycles. The lowest BCUT2D eigenvalue weighted by atomic mass is 9.65. The molecule has 1 N–H and O–H groups in total. The average molecular weight is 851 g/mol. The maximum absolute atomic E-state index is 14.3. The molecule has 15 heteroatoms. The first kappa shape index (κ1) is 43.8. The van der Waals surface area contributed by atoms with E-state index in [0.29, 0.717) is 24.4 Å². The summed E-state index contributed by atoms with van der Waals surface area (Å²) in [6.45, 7) is 10.9. The van der Waals surface area contributed by atoms with Gasteiger partial charge in [0.2, 0.25) is 11.6 Å². The summed E-state index contributed by atoms with van der Waals surface area (Å²) in [5.74, 6) is -2.25. The highest BCUT2D eigenvalue weighted by atomic mass is 28.4. The standard InChI is InChI=1S/C26H34N2O5Si.C20H20N2O5/c1-25(2,3)34(6,7)33-26-18(14-11-15-19(26)29)21(28(4)5)22-20(23(26)30)24(27-32-22)31-16-17-12-9-8-10-13-17;1-22(2)16-13-9-6-10-14(23)20(13,25)18(24)15-17(16)27-21-19(15)26-11-12-7-4-3-5-8-12/h8-13,15,18,21H,14,16H2,1-7H3;3-8,10,13,16,25H,9,11H2,1-2H3/t18-,21-,26-;13-,16-,20-/m00/s1. The number of aromatic nitrogens is 2. The van der Waals surface area contributed by atoms with Crippen molar-refractivity contribution >= 4 is 31.5 Å². The highest BCUT2D eigenvalue weighted by Gasteiger charge is 2.65. The maximum Gasteiger partial charge on any atom is 0.265 e. The fourth-order valence-corrected chi connectivity index (χ4v) is 10.0. The van der Waals surface area contributed by atoms with E-state index in [1.807, 2.05) is 90.6 Å². The molecule has 0 unspecified atom stereocenters. The van der Waals surface area contributed by atoms with Crippen molar-refractivity contribution in [1.29, 1.82) is 0 Å².